The van der Waals surface area contributed by atoms with Crippen molar-refractivity contribution < 1.29 is 4.79 Å². The molecule has 0 spiro atoms. The summed E-state index contributed by atoms with van der Waals surface area (Å²) in [5.74, 6) is 0. The third-order valence-electron chi connectivity index (χ3n) is 1.52. The molecule has 62 valence electrons. The van der Waals surface area contributed by atoms with E-state index in [9.17, 15) is 4.79 Å². The number of nitrogens with one attached hydrogen (secondary N) is 1. The molecule has 1 N–H and O–H groups in total. The van der Waals surface area contributed by atoms with Crippen LogP contribution in [-0.4, -0.2) is 18.1 Å². The van der Waals surface area contributed by atoms with E-state index in [1.165, 1.54) is 5.03 Å². The highest BCUT2D eigenvalue weighted by Crippen LogP contribution is 2.29. The summed E-state index contributed by atoms with van der Waals surface area (Å²) >= 11 is 1.85. The Bertz CT molecular complexity index is 167. The topological polar surface area (TPSA) is 29.1 Å². The Hall–Kier alpha value is -0.440. The standard InChI is InChI=1S/C8H13NOS/c1-7-3-4-8(11-7)9-5-2-6-10/h4,6-7,9H,2-3,5H2,1H3. The third-order valence-corrected chi connectivity index (χ3v) is 2.68. The summed E-state index contributed by atoms with van der Waals surface area (Å²) in [4.78, 5) is 9.98. The zero-order valence-corrected chi connectivity index (χ0v) is 7.49. The van der Waals surface area contributed by atoms with Gasteiger partial charge in [-0.25, -0.2) is 0 Å². The van der Waals surface area contributed by atoms with E-state index < -0.39 is 0 Å². The zero-order valence-electron chi connectivity index (χ0n) is 6.67. The van der Waals surface area contributed by atoms with Gasteiger partial charge < -0.3 is 10.1 Å². The summed E-state index contributed by atoms with van der Waals surface area (Å²) in [7, 11) is 0. The summed E-state index contributed by atoms with van der Waals surface area (Å²) in [6.45, 7) is 2.98. The van der Waals surface area contributed by atoms with E-state index in [2.05, 4.69) is 18.3 Å². The highest BCUT2D eigenvalue weighted by molar-refractivity contribution is 8.03. The van der Waals surface area contributed by atoms with Gasteiger partial charge in [0.25, 0.3) is 0 Å². The van der Waals surface area contributed by atoms with Crippen molar-refractivity contribution in [3.05, 3.63) is 11.1 Å². The number of rotatable bonds is 4. The van der Waals surface area contributed by atoms with E-state index >= 15 is 0 Å². The molecule has 1 atom stereocenters. The molecule has 0 saturated heterocycles. The maximum atomic E-state index is 9.98. The van der Waals surface area contributed by atoms with E-state index in [1.807, 2.05) is 11.8 Å². The molecule has 1 aliphatic heterocycles. The Morgan fingerprint density at radius 2 is 2.73 bits per heavy atom. The van der Waals surface area contributed by atoms with Gasteiger partial charge in [-0.05, 0) is 6.42 Å². The maximum absolute atomic E-state index is 9.98. The molecule has 11 heavy (non-hydrogen) atoms. The van der Waals surface area contributed by atoms with Crippen LogP contribution in [0.15, 0.2) is 11.1 Å². The molecule has 0 bridgehead atoms. The minimum absolute atomic E-state index is 0.603. The van der Waals surface area contributed by atoms with Crippen LogP contribution in [0.1, 0.15) is 19.8 Å². The van der Waals surface area contributed by atoms with Crippen LogP contribution in [0.3, 0.4) is 0 Å². The van der Waals surface area contributed by atoms with Gasteiger partial charge >= 0.3 is 0 Å². The predicted octanol–water partition coefficient (Wildman–Crippen LogP) is 1.53. The van der Waals surface area contributed by atoms with Gasteiger partial charge in [-0.3, -0.25) is 0 Å². The number of allylic oxidation sites excluding steroid dienone is 1. The first kappa shape index (κ1) is 8.65. The number of aldehydes is 1. The number of carbonyl (C=O) groups excluding carboxylic acids is 1. The molecule has 1 heterocycles. The summed E-state index contributed by atoms with van der Waals surface area (Å²) in [6.07, 6.45) is 4.89. The summed E-state index contributed by atoms with van der Waals surface area (Å²) in [6, 6.07) is 0. The fourth-order valence-corrected chi connectivity index (χ4v) is 1.96. The van der Waals surface area contributed by atoms with Crippen LogP contribution in [0, 0.1) is 0 Å². The summed E-state index contributed by atoms with van der Waals surface area (Å²) in [5.41, 5.74) is 0. The van der Waals surface area contributed by atoms with Crippen molar-refractivity contribution in [2.45, 2.75) is 25.0 Å². The Labute approximate surface area is 71.4 Å². The highest BCUT2D eigenvalue weighted by atomic mass is 32.2. The average Bonchev–Trinajstić information content (AvgIpc) is 2.37. The molecule has 0 aromatic rings. The lowest BCUT2D eigenvalue weighted by Crippen LogP contribution is -2.12. The van der Waals surface area contributed by atoms with Gasteiger partial charge in [-0.15, -0.1) is 11.8 Å². The molecule has 2 nitrogen and oxygen atoms in total. The number of hydrogen-bond donors (Lipinski definition) is 1. The van der Waals surface area contributed by atoms with Gasteiger partial charge in [0.15, 0.2) is 0 Å². The minimum atomic E-state index is 0.603. The molecular weight excluding hydrogens is 158 g/mol. The molecule has 0 aromatic heterocycles. The SMILES string of the molecule is CC1CC=C(NCCC=O)S1. The molecule has 0 radical (unpaired) electrons. The van der Waals surface area contributed by atoms with E-state index in [0.717, 1.165) is 19.3 Å². The predicted molar refractivity (Wildman–Crippen MR) is 48.4 cm³/mol. The molecule has 0 aromatic carbocycles. The minimum Gasteiger partial charge on any atom is -0.380 e. The first-order chi connectivity index (χ1) is 5.33. The number of hydrogen-bond acceptors (Lipinski definition) is 3. The van der Waals surface area contributed by atoms with E-state index in [1.54, 1.807) is 0 Å². The average molecular weight is 171 g/mol. The Kier molecular flexibility index (Phi) is 3.49. The highest BCUT2D eigenvalue weighted by Gasteiger charge is 2.11. The first-order valence-electron chi connectivity index (χ1n) is 3.87. The first-order valence-corrected chi connectivity index (χ1v) is 4.75. The molecule has 0 aliphatic carbocycles. The van der Waals surface area contributed by atoms with E-state index in [0.29, 0.717) is 11.7 Å². The fraction of sp³-hybridized carbons (Fsp3) is 0.625. The van der Waals surface area contributed by atoms with E-state index in [-0.39, 0.29) is 0 Å². The fourth-order valence-electron chi connectivity index (χ4n) is 0.954. The Morgan fingerprint density at radius 3 is 3.27 bits per heavy atom. The van der Waals surface area contributed by atoms with Crippen molar-refractivity contribution in [1.82, 2.24) is 5.32 Å². The monoisotopic (exact) mass is 171 g/mol. The molecule has 3 heteroatoms. The second kappa shape index (κ2) is 4.44. The van der Waals surface area contributed by atoms with Crippen LogP contribution in [0.2, 0.25) is 0 Å². The van der Waals surface area contributed by atoms with Crippen molar-refractivity contribution in [1.29, 1.82) is 0 Å². The third kappa shape index (κ3) is 2.97. The van der Waals surface area contributed by atoms with Crippen molar-refractivity contribution in [2.75, 3.05) is 6.54 Å². The van der Waals surface area contributed by atoms with Crippen molar-refractivity contribution >= 4 is 18.0 Å². The second-order valence-corrected chi connectivity index (χ2v) is 4.09. The van der Waals surface area contributed by atoms with Crippen molar-refractivity contribution in [2.24, 2.45) is 0 Å². The molecule has 1 unspecified atom stereocenters. The van der Waals surface area contributed by atoms with Gasteiger partial charge in [-0.2, -0.15) is 0 Å². The van der Waals surface area contributed by atoms with Gasteiger partial charge in [0, 0.05) is 18.2 Å². The lowest BCUT2D eigenvalue weighted by molar-refractivity contribution is -0.107. The smallest absolute Gasteiger partial charge is 0.121 e. The second-order valence-electron chi connectivity index (χ2n) is 2.61. The van der Waals surface area contributed by atoms with Crippen LogP contribution >= 0.6 is 11.8 Å². The molecule has 1 rings (SSSR count). The van der Waals surface area contributed by atoms with Gasteiger partial charge in [-0.1, -0.05) is 13.0 Å². The van der Waals surface area contributed by atoms with Crippen LogP contribution in [0.5, 0.6) is 0 Å². The van der Waals surface area contributed by atoms with Crippen LogP contribution in [0.4, 0.5) is 0 Å². The quantitative estimate of drug-likeness (QED) is 0.514. The molecule has 0 amide bonds. The van der Waals surface area contributed by atoms with E-state index in [4.69, 9.17) is 0 Å². The molecule has 0 fully saturated rings. The van der Waals surface area contributed by atoms with Crippen LogP contribution in [-0.2, 0) is 4.79 Å². The van der Waals surface area contributed by atoms with Gasteiger partial charge in [0.1, 0.15) is 6.29 Å². The summed E-state index contributed by atoms with van der Waals surface area (Å²) in [5, 5.41) is 5.14. The van der Waals surface area contributed by atoms with Crippen LogP contribution in [0.25, 0.3) is 0 Å². The molecule has 0 saturated carbocycles. The maximum Gasteiger partial charge on any atom is 0.121 e. The molecule has 1 aliphatic rings. The number of carbonyl (C=O) groups is 1. The van der Waals surface area contributed by atoms with Gasteiger partial charge in [0.2, 0.25) is 0 Å². The Balaban J connectivity index is 2.12. The lowest BCUT2D eigenvalue weighted by atomic mass is 10.3. The largest absolute Gasteiger partial charge is 0.380 e. The summed E-state index contributed by atoms with van der Waals surface area (Å²) < 4.78 is 0. The van der Waals surface area contributed by atoms with Crippen LogP contribution < -0.4 is 5.32 Å². The lowest BCUT2D eigenvalue weighted by Gasteiger charge is -2.04. The Morgan fingerprint density at radius 1 is 1.91 bits per heavy atom. The van der Waals surface area contributed by atoms with Crippen molar-refractivity contribution in [3.63, 3.8) is 0 Å². The molecular formula is C8H13NOS. The van der Waals surface area contributed by atoms with Crippen molar-refractivity contribution in [3.8, 4) is 0 Å². The number of thioether (sulfide) groups is 1. The zero-order chi connectivity index (χ0) is 8.10. The normalized spacial score (nSPS) is 23.0. The van der Waals surface area contributed by atoms with Gasteiger partial charge in [0.05, 0.1) is 5.03 Å².